The SMILES string of the molecule is O=C1CSc2nnc(-c3cn(-c4ccccc4)nc3-c3ccccc3)n2N1. The molecule has 2 aromatic carbocycles. The Morgan fingerprint density at radius 3 is 2.48 bits per heavy atom. The summed E-state index contributed by atoms with van der Waals surface area (Å²) in [4.78, 5) is 11.9. The van der Waals surface area contributed by atoms with Crippen molar-refractivity contribution in [3.63, 3.8) is 0 Å². The van der Waals surface area contributed by atoms with Crippen LogP contribution >= 0.6 is 11.8 Å². The number of carbonyl (C=O) groups is 1. The van der Waals surface area contributed by atoms with E-state index in [-0.39, 0.29) is 5.91 Å². The lowest BCUT2D eigenvalue weighted by Crippen LogP contribution is -2.29. The fourth-order valence-electron chi connectivity index (χ4n) is 2.99. The Balaban J connectivity index is 1.71. The Kier molecular flexibility index (Phi) is 3.75. The molecule has 0 bridgehead atoms. The molecule has 0 fully saturated rings. The highest BCUT2D eigenvalue weighted by molar-refractivity contribution is 7.99. The molecule has 0 aliphatic carbocycles. The summed E-state index contributed by atoms with van der Waals surface area (Å²) in [7, 11) is 0. The third kappa shape index (κ3) is 2.80. The average Bonchev–Trinajstić information content (AvgIpc) is 3.33. The van der Waals surface area contributed by atoms with E-state index in [9.17, 15) is 4.79 Å². The smallest absolute Gasteiger partial charge is 0.249 e. The van der Waals surface area contributed by atoms with Gasteiger partial charge in [0.15, 0.2) is 5.82 Å². The predicted molar refractivity (Wildman–Crippen MR) is 103 cm³/mol. The molecule has 1 N–H and O–H groups in total. The molecule has 0 radical (unpaired) electrons. The molecular formula is C19H14N6OS. The third-order valence-electron chi connectivity index (χ3n) is 4.23. The van der Waals surface area contributed by atoms with Gasteiger partial charge in [-0.3, -0.25) is 10.2 Å². The van der Waals surface area contributed by atoms with Crippen LogP contribution < -0.4 is 5.43 Å². The molecule has 2 aromatic heterocycles. The number of carbonyl (C=O) groups excluding carboxylic acids is 1. The maximum Gasteiger partial charge on any atom is 0.249 e. The number of hydrogen-bond donors (Lipinski definition) is 1. The summed E-state index contributed by atoms with van der Waals surface area (Å²) in [5.74, 6) is 0.823. The summed E-state index contributed by atoms with van der Waals surface area (Å²) in [6.07, 6.45) is 1.92. The lowest BCUT2D eigenvalue weighted by atomic mass is 10.1. The van der Waals surface area contributed by atoms with Gasteiger partial charge in [-0.05, 0) is 12.1 Å². The van der Waals surface area contributed by atoms with E-state index in [1.165, 1.54) is 11.8 Å². The van der Waals surface area contributed by atoms with E-state index in [1.807, 2.05) is 71.5 Å². The summed E-state index contributed by atoms with van der Waals surface area (Å²) in [5, 5.41) is 14.0. The van der Waals surface area contributed by atoms with Crippen LogP contribution in [0.2, 0.25) is 0 Å². The van der Waals surface area contributed by atoms with Gasteiger partial charge in [0.25, 0.3) is 0 Å². The molecular weight excluding hydrogens is 360 g/mol. The molecule has 1 aliphatic rings. The third-order valence-corrected chi connectivity index (χ3v) is 5.15. The molecule has 0 unspecified atom stereocenters. The van der Waals surface area contributed by atoms with Crippen LogP contribution in [0.15, 0.2) is 72.0 Å². The van der Waals surface area contributed by atoms with Crippen LogP contribution in [-0.2, 0) is 4.79 Å². The van der Waals surface area contributed by atoms with Crippen molar-refractivity contribution in [2.24, 2.45) is 0 Å². The average molecular weight is 374 g/mol. The summed E-state index contributed by atoms with van der Waals surface area (Å²) >= 11 is 1.37. The van der Waals surface area contributed by atoms with Gasteiger partial charge in [0, 0.05) is 11.8 Å². The van der Waals surface area contributed by atoms with Gasteiger partial charge < -0.3 is 0 Å². The van der Waals surface area contributed by atoms with E-state index in [0.717, 1.165) is 22.5 Å². The molecule has 8 heteroatoms. The zero-order valence-corrected chi connectivity index (χ0v) is 14.9. The zero-order valence-electron chi connectivity index (χ0n) is 14.1. The maximum absolute atomic E-state index is 11.9. The van der Waals surface area contributed by atoms with Crippen molar-refractivity contribution in [3.05, 3.63) is 66.9 Å². The second-order valence-corrected chi connectivity index (χ2v) is 6.95. The first-order chi connectivity index (χ1) is 13.3. The number of benzene rings is 2. The molecule has 27 heavy (non-hydrogen) atoms. The lowest BCUT2D eigenvalue weighted by molar-refractivity contribution is -0.114. The molecule has 1 amide bonds. The van der Waals surface area contributed by atoms with Crippen LogP contribution in [0.3, 0.4) is 0 Å². The topological polar surface area (TPSA) is 77.6 Å². The van der Waals surface area contributed by atoms with E-state index >= 15 is 0 Å². The molecule has 0 atom stereocenters. The van der Waals surface area contributed by atoms with Crippen LogP contribution in [0, 0.1) is 0 Å². The highest BCUT2D eigenvalue weighted by atomic mass is 32.2. The molecule has 4 aromatic rings. The van der Waals surface area contributed by atoms with Crippen molar-refractivity contribution in [2.45, 2.75) is 5.16 Å². The minimum atomic E-state index is -0.0785. The van der Waals surface area contributed by atoms with E-state index in [2.05, 4.69) is 15.6 Å². The van der Waals surface area contributed by atoms with Crippen LogP contribution in [0.4, 0.5) is 0 Å². The molecule has 3 heterocycles. The van der Waals surface area contributed by atoms with Gasteiger partial charge in [0.2, 0.25) is 11.1 Å². The number of para-hydroxylation sites is 1. The van der Waals surface area contributed by atoms with Crippen molar-refractivity contribution < 1.29 is 4.79 Å². The van der Waals surface area contributed by atoms with Crippen molar-refractivity contribution in [1.29, 1.82) is 0 Å². The van der Waals surface area contributed by atoms with E-state index in [4.69, 9.17) is 5.10 Å². The molecule has 132 valence electrons. The van der Waals surface area contributed by atoms with E-state index in [1.54, 1.807) is 4.68 Å². The zero-order chi connectivity index (χ0) is 18.2. The molecule has 0 spiro atoms. The Hall–Kier alpha value is -3.39. The van der Waals surface area contributed by atoms with Crippen LogP contribution in [0.25, 0.3) is 28.3 Å². The summed E-state index contributed by atoms with van der Waals surface area (Å²) in [5.41, 5.74) is 6.31. The summed E-state index contributed by atoms with van der Waals surface area (Å²) in [6.45, 7) is 0. The van der Waals surface area contributed by atoms with Gasteiger partial charge in [-0.15, -0.1) is 10.2 Å². The van der Waals surface area contributed by atoms with Gasteiger partial charge >= 0.3 is 0 Å². The number of hydrogen-bond acceptors (Lipinski definition) is 5. The second kappa shape index (κ2) is 6.40. The van der Waals surface area contributed by atoms with Gasteiger partial charge in [-0.2, -0.15) is 5.10 Å². The lowest BCUT2D eigenvalue weighted by Gasteiger charge is -2.15. The summed E-state index contributed by atoms with van der Waals surface area (Å²) in [6, 6.07) is 19.8. The van der Waals surface area contributed by atoms with Gasteiger partial charge in [-0.1, -0.05) is 60.3 Å². The van der Waals surface area contributed by atoms with Crippen LogP contribution in [0.1, 0.15) is 0 Å². The Morgan fingerprint density at radius 2 is 1.70 bits per heavy atom. The first-order valence-electron chi connectivity index (χ1n) is 8.38. The monoisotopic (exact) mass is 374 g/mol. The normalized spacial score (nSPS) is 13.3. The Labute approximate surface area is 159 Å². The first kappa shape index (κ1) is 15.8. The number of fused-ring (bicyclic) bond motifs is 1. The predicted octanol–water partition coefficient (Wildman–Crippen LogP) is 2.97. The highest BCUT2D eigenvalue weighted by Crippen LogP contribution is 2.33. The summed E-state index contributed by atoms with van der Waals surface area (Å²) < 4.78 is 3.45. The first-order valence-corrected chi connectivity index (χ1v) is 9.37. The van der Waals surface area contributed by atoms with Crippen LogP contribution in [-0.4, -0.2) is 36.3 Å². The van der Waals surface area contributed by atoms with Crippen molar-refractivity contribution >= 4 is 17.7 Å². The molecule has 0 saturated carbocycles. The Morgan fingerprint density at radius 1 is 0.963 bits per heavy atom. The van der Waals surface area contributed by atoms with Crippen molar-refractivity contribution in [2.75, 3.05) is 11.2 Å². The number of nitrogens with one attached hydrogen (secondary N) is 1. The number of amides is 1. The Bertz CT molecular complexity index is 1120. The second-order valence-electron chi connectivity index (χ2n) is 6.00. The number of aromatic nitrogens is 5. The maximum atomic E-state index is 11.9. The minimum Gasteiger partial charge on any atom is -0.272 e. The standard InChI is InChI=1S/C19H14N6OS/c26-16-12-27-19-21-20-18(25(19)22-16)15-11-24(14-9-5-2-6-10-14)23-17(15)13-7-3-1-4-8-13/h1-11H,12H2,(H,22,26). The molecule has 5 rings (SSSR count). The van der Waals surface area contributed by atoms with Gasteiger partial charge in [0.05, 0.1) is 17.0 Å². The fraction of sp³-hybridized carbons (Fsp3) is 0.0526. The number of nitrogens with zero attached hydrogens (tertiary/aromatic N) is 5. The van der Waals surface area contributed by atoms with Crippen molar-refractivity contribution in [3.8, 4) is 28.3 Å². The van der Waals surface area contributed by atoms with Crippen LogP contribution in [0.5, 0.6) is 0 Å². The van der Waals surface area contributed by atoms with E-state index < -0.39 is 0 Å². The molecule has 7 nitrogen and oxygen atoms in total. The highest BCUT2D eigenvalue weighted by Gasteiger charge is 2.25. The number of thioether (sulfide) groups is 1. The van der Waals surface area contributed by atoms with Crippen molar-refractivity contribution in [1.82, 2.24) is 24.7 Å². The van der Waals surface area contributed by atoms with E-state index in [0.29, 0.717) is 16.7 Å². The van der Waals surface area contributed by atoms with Gasteiger partial charge in [0.1, 0.15) is 5.69 Å². The largest absolute Gasteiger partial charge is 0.272 e. The quantitative estimate of drug-likeness (QED) is 0.597. The number of rotatable bonds is 3. The minimum absolute atomic E-state index is 0.0785. The molecule has 1 aliphatic heterocycles. The fourth-order valence-corrected chi connectivity index (χ4v) is 3.67. The van der Waals surface area contributed by atoms with Gasteiger partial charge in [-0.25, -0.2) is 9.36 Å². The molecule has 0 saturated heterocycles.